The lowest BCUT2D eigenvalue weighted by atomic mass is 10.1. The molecular formula is C6H14N2O2. The molecule has 0 unspecified atom stereocenters. The molecule has 0 fully saturated rings. The molecule has 0 rings (SSSR count). The van der Waals surface area contributed by atoms with E-state index >= 15 is 0 Å². The van der Waals surface area contributed by atoms with Gasteiger partial charge in [0, 0.05) is 0 Å². The minimum atomic E-state index is -0.639. The quantitative estimate of drug-likeness (QED) is 0.538. The van der Waals surface area contributed by atoms with Crippen molar-refractivity contribution in [2.45, 2.75) is 26.4 Å². The molecule has 0 radical (unpaired) electrons. The van der Waals surface area contributed by atoms with E-state index in [2.05, 4.69) is 4.84 Å². The maximum atomic E-state index is 10.5. The van der Waals surface area contributed by atoms with Gasteiger partial charge in [0.2, 0.25) is 5.91 Å². The maximum absolute atomic E-state index is 10.5. The second-order valence-corrected chi connectivity index (χ2v) is 2.66. The number of nitrogens with two attached hydrogens (primary N) is 2. The predicted molar refractivity (Wildman–Crippen MR) is 37.7 cm³/mol. The molecule has 1 atom stereocenters. The van der Waals surface area contributed by atoms with Gasteiger partial charge in [-0.1, -0.05) is 13.8 Å². The highest BCUT2D eigenvalue weighted by molar-refractivity contribution is 5.78. The van der Waals surface area contributed by atoms with Crippen LogP contribution in [0.3, 0.4) is 0 Å². The molecule has 4 N–H and O–H groups in total. The van der Waals surface area contributed by atoms with Gasteiger partial charge in [-0.2, -0.15) is 0 Å². The molecule has 0 aliphatic heterocycles. The molecule has 0 saturated carbocycles. The Labute approximate surface area is 60.5 Å². The molecule has 0 spiro atoms. The van der Waals surface area contributed by atoms with Gasteiger partial charge < -0.3 is 5.73 Å². The normalized spacial score (nSPS) is 13.6. The van der Waals surface area contributed by atoms with Crippen LogP contribution >= 0.6 is 0 Å². The zero-order valence-corrected chi connectivity index (χ0v) is 6.33. The Morgan fingerprint density at radius 3 is 2.20 bits per heavy atom. The van der Waals surface area contributed by atoms with Crippen LogP contribution in [-0.4, -0.2) is 12.0 Å². The molecule has 60 valence electrons. The Hall–Kier alpha value is -0.610. The molecule has 0 aromatic rings. The van der Waals surface area contributed by atoms with Crippen molar-refractivity contribution in [2.24, 2.45) is 17.5 Å². The van der Waals surface area contributed by atoms with E-state index in [0.29, 0.717) is 12.3 Å². The molecule has 0 saturated heterocycles. The second-order valence-electron chi connectivity index (χ2n) is 2.66. The number of hydrogen-bond acceptors (Lipinski definition) is 3. The number of amides is 1. The topological polar surface area (TPSA) is 78.3 Å². The lowest BCUT2D eigenvalue weighted by Crippen LogP contribution is -2.34. The van der Waals surface area contributed by atoms with E-state index in [1.54, 1.807) is 0 Å². The Kier molecular flexibility index (Phi) is 3.99. The summed E-state index contributed by atoms with van der Waals surface area (Å²) in [5, 5.41) is 0. The van der Waals surface area contributed by atoms with Gasteiger partial charge >= 0.3 is 0 Å². The summed E-state index contributed by atoms with van der Waals surface area (Å²) in [4.78, 5) is 14.8. The monoisotopic (exact) mass is 146 g/mol. The van der Waals surface area contributed by atoms with Crippen LogP contribution < -0.4 is 11.6 Å². The zero-order chi connectivity index (χ0) is 8.15. The summed E-state index contributed by atoms with van der Waals surface area (Å²) in [6.45, 7) is 3.93. The highest BCUT2D eigenvalue weighted by atomic mass is 16.6. The van der Waals surface area contributed by atoms with Crippen molar-refractivity contribution in [3.8, 4) is 0 Å². The van der Waals surface area contributed by atoms with Gasteiger partial charge in [-0.15, -0.1) is 0 Å². The van der Waals surface area contributed by atoms with Gasteiger partial charge in [0.25, 0.3) is 0 Å². The molecular weight excluding hydrogens is 132 g/mol. The first-order chi connectivity index (χ1) is 4.57. The number of hydrogen-bond donors (Lipinski definition) is 2. The van der Waals surface area contributed by atoms with E-state index in [0.717, 1.165) is 0 Å². The van der Waals surface area contributed by atoms with E-state index in [-0.39, 0.29) is 0 Å². The number of primary amides is 1. The lowest BCUT2D eigenvalue weighted by Gasteiger charge is -2.11. The highest BCUT2D eigenvalue weighted by Crippen LogP contribution is 2.05. The van der Waals surface area contributed by atoms with E-state index < -0.39 is 12.0 Å². The van der Waals surface area contributed by atoms with Crippen LogP contribution in [0.15, 0.2) is 0 Å². The van der Waals surface area contributed by atoms with Crippen molar-refractivity contribution in [1.82, 2.24) is 0 Å². The van der Waals surface area contributed by atoms with Crippen LogP contribution in [0.1, 0.15) is 20.3 Å². The standard InChI is InChI=1S/C6H14N2O2/c1-4(2)3-5(10-8)6(7)9/h4-5H,3,8H2,1-2H3,(H2,7,9)/t5-/m1/s1. The fourth-order valence-corrected chi connectivity index (χ4v) is 0.667. The van der Waals surface area contributed by atoms with Crippen molar-refractivity contribution in [3.63, 3.8) is 0 Å². The Bertz CT molecular complexity index is 114. The van der Waals surface area contributed by atoms with Crippen LogP contribution in [0.25, 0.3) is 0 Å². The van der Waals surface area contributed by atoms with Gasteiger partial charge in [-0.25, -0.2) is 5.90 Å². The number of carbonyl (C=O) groups excluding carboxylic acids is 1. The molecule has 1 amide bonds. The first kappa shape index (κ1) is 9.39. The fraction of sp³-hybridized carbons (Fsp3) is 0.833. The summed E-state index contributed by atoms with van der Waals surface area (Å²) in [7, 11) is 0. The van der Waals surface area contributed by atoms with Crippen molar-refractivity contribution < 1.29 is 9.63 Å². The molecule has 0 aliphatic rings. The molecule has 0 aromatic heterocycles. The molecule has 4 heteroatoms. The summed E-state index contributed by atoms with van der Waals surface area (Å²) in [5.41, 5.74) is 4.95. The van der Waals surface area contributed by atoms with Gasteiger partial charge in [0.05, 0.1) is 0 Å². The Balaban J connectivity index is 3.72. The van der Waals surface area contributed by atoms with E-state index in [1.165, 1.54) is 0 Å². The van der Waals surface area contributed by atoms with Crippen molar-refractivity contribution in [3.05, 3.63) is 0 Å². The van der Waals surface area contributed by atoms with Crippen LogP contribution in [0.5, 0.6) is 0 Å². The molecule has 0 heterocycles. The molecule has 4 nitrogen and oxygen atoms in total. The van der Waals surface area contributed by atoms with Gasteiger partial charge in [-0.05, 0) is 12.3 Å². The van der Waals surface area contributed by atoms with E-state index in [4.69, 9.17) is 11.6 Å². The zero-order valence-electron chi connectivity index (χ0n) is 6.33. The maximum Gasteiger partial charge on any atom is 0.248 e. The third-order valence-corrected chi connectivity index (χ3v) is 1.17. The van der Waals surface area contributed by atoms with Gasteiger partial charge in [-0.3, -0.25) is 9.63 Å². The average molecular weight is 146 g/mol. The van der Waals surface area contributed by atoms with Crippen LogP contribution in [0.2, 0.25) is 0 Å². The van der Waals surface area contributed by atoms with Crippen LogP contribution in [0.4, 0.5) is 0 Å². The summed E-state index contributed by atoms with van der Waals surface area (Å²) in [6, 6.07) is 0. The largest absolute Gasteiger partial charge is 0.367 e. The van der Waals surface area contributed by atoms with Gasteiger partial charge in [0.1, 0.15) is 0 Å². The van der Waals surface area contributed by atoms with Crippen LogP contribution in [0, 0.1) is 5.92 Å². The Morgan fingerprint density at radius 2 is 2.10 bits per heavy atom. The molecule has 0 aliphatic carbocycles. The summed E-state index contributed by atoms with van der Waals surface area (Å²) < 4.78 is 0. The van der Waals surface area contributed by atoms with Crippen LogP contribution in [-0.2, 0) is 9.63 Å². The number of carbonyl (C=O) groups is 1. The van der Waals surface area contributed by atoms with Crippen molar-refractivity contribution in [2.75, 3.05) is 0 Å². The molecule has 10 heavy (non-hydrogen) atoms. The lowest BCUT2D eigenvalue weighted by molar-refractivity contribution is -0.130. The number of rotatable bonds is 4. The van der Waals surface area contributed by atoms with E-state index in [1.807, 2.05) is 13.8 Å². The predicted octanol–water partition coefficient (Wildman–Crippen LogP) is -0.223. The SMILES string of the molecule is CC(C)C[C@@H](ON)C(N)=O. The first-order valence-corrected chi connectivity index (χ1v) is 3.22. The summed E-state index contributed by atoms with van der Waals surface area (Å²) in [5.74, 6) is 4.68. The average Bonchev–Trinajstić information content (AvgIpc) is 1.81. The van der Waals surface area contributed by atoms with E-state index in [9.17, 15) is 4.79 Å². The molecule has 0 bridgehead atoms. The fourth-order valence-electron chi connectivity index (χ4n) is 0.667. The van der Waals surface area contributed by atoms with Crippen molar-refractivity contribution in [1.29, 1.82) is 0 Å². The van der Waals surface area contributed by atoms with Gasteiger partial charge in [0.15, 0.2) is 6.10 Å². The smallest absolute Gasteiger partial charge is 0.248 e. The third kappa shape index (κ3) is 3.42. The second kappa shape index (κ2) is 4.24. The minimum absolute atomic E-state index is 0.362. The minimum Gasteiger partial charge on any atom is -0.367 e. The Morgan fingerprint density at radius 1 is 1.60 bits per heavy atom. The molecule has 0 aromatic carbocycles. The third-order valence-electron chi connectivity index (χ3n) is 1.17. The highest BCUT2D eigenvalue weighted by Gasteiger charge is 2.15. The van der Waals surface area contributed by atoms with Crippen molar-refractivity contribution >= 4 is 5.91 Å². The summed E-state index contributed by atoms with van der Waals surface area (Å²) >= 11 is 0. The summed E-state index contributed by atoms with van der Waals surface area (Å²) in [6.07, 6.45) is -0.0637. The first-order valence-electron chi connectivity index (χ1n) is 3.22.